The molecule has 1 amide bonds. The maximum Gasteiger partial charge on any atom is 0.255 e. The third-order valence-corrected chi connectivity index (χ3v) is 6.90. The molecular weight excluding hydrogens is 332 g/mol. The van der Waals surface area contributed by atoms with E-state index in [1.165, 1.54) is 42.5 Å². The van der Waals surface area contributed by atoms with Crippen molar-refractivity contribution in [3.8, 4) is 0 Å². The van der Waals surface area contributed by atoms with E-state index in [4.69, 9.17) is 0 Å². The molecule has 3 rings (SSSR count). The summed E-state index contributed by atoms with van der Waals surface area (Å²) >= 11 is 1.78. The highest BCUT2D eigenvalue weighted by molar-refractivity contribution is 7.10. The van der Waals surface area contributed by atoms with Gasteiger partial charge in [-0.25, -0.2) is 0 Å². The van der Waals surface area contributed by atoms with Gasteiger partial charge in [-0.1, -0.05) is 19.3 Å². The van der Waals surface area contributed by atoms with Gasteiger partial charge in [0.15, 0.2) is 5.60 Å². The zero-order chi connectivity index (χ0) is 17.7. The zero-order valence-corrected chi connectivity index (χ0v) is 16.2. The molecule has 0 aromatic carbocycles. The van der Waals surface area contributed by atoms with Crippen LogP contribution < -0.4 is 5.32 Å². The number of nitrogens with one attached hydrogen (secondary N) is 1. The van der Waals surface area contributed by atoms with E-state index in [2.05, 4.69) is 23.7 Å². The molecule has 2 heterocycles. The van der Waals surface area contributed by atoms with E-state index in [1.54, 1.807) is 11.3 Å². The molecule has 1 aromatic heterocycles. The number of hydrogen-bond donors (Lipinski definition) is 2. The van der Waals surface area contributed by atoms with E-state index in [0.29, 0.717) is 18.9 Å². The Morgan fingerprint density at radius 2 is 2.12 bits per heavy atom. The summed E-state index contributed by atoms with van der Waals surface area (Å²) in [5.74, 6) is 0.582. The minimum Gasteiger partial charge on any atom is -0.379 e. The molecular formula is C20H32N2O2S. The Kier molecular flexibility index (Phi) is 6.53. The summed E-state index contributed by atoms with van der Waals surface area (Å²) < 4.78 is 0. The summed E-state index contributed by atoms with van der Waals surface area (Å²) in [4.78, 5) is 16.2. The monoisotopic (exact) mass is 364 g/mol. The number of aliphatic hydroxyl groups is 1. The SMILES string of the molecule is Cc1ccsc1CCNC[C@]1(O)CCCN(CC2CCCCC2)C1=O. The van der Waals surface area contributed by atoms with Gasteiger partial charge in [0.1, 0.15) is 0 Å². The van der Waals surface area contributed by atoms with Crippen molar-refractivity contribution in [3.63, 3.8) is 0 Å². The Hall–Kier alpha value is -0.910. The molecule has 1 saturated heterocycles. The van der Waals surface area contributed by atoms with Crippen LogP contribution in [0.1, 0.15) is 55.4 Å². The van der Waals surface area contributed by atoms with Gasteiger partial charge in [0.2, 0.25) is 0 Å². The predicted octanol–water partition coefficient (Wildman–Crippen LogP) is 3.12. The van der Waals surface area contributed by atoms with Crippen LogP contribution in [0.15, 0.2) is 11.4 Å². The first-order valence-electron chi connectivity index (χ1n) is 9.84. The fraction of sp³-hybridized carbons (Fsp3) is 0.750. The van der Waals surface area contributed by atoms with Gasteiger partial charge in [-0.05, 0) is 62.0 Å². The first-order valence-corrected chi connectivity index (χ1v) is 10.7. The first-order chi connectivity index (χ1) is 12.1. The van der Waals surface area contributed by atoms with Crippen molar-refractivity contribution in [2.75, 3.05) is 26.2 Å². The smallest absolute Gasteiger partial charge is 0.255 e. The van der Waals surface area contributed by atoms with Crippen molar-refractivity contribution in [2.45, 2.75) is 63.9 Å². The molecule has 4 nitrogen and oxygen atoms in total. The number of nitrogens with zero attached hydrogens (tertiary/aromatic N) is 1. The maximum absolute atomic E-state index is 12.8. The standard InChI is InChI=1S/C20H32N2O2S/c1-16-9-13-25-18(16)8-11-21-15-20(24)10-5-12-22(19(20)23)14-17-6-3-2-4-7-17/h9,13,17,21,24H,2-8,10-12,14-15H2,1H3/t20-/m1/s1. The number of carbonyl (C=O) groups excluding carboxylic acids is 1. The van der Waals surface area contributed by atoms with Crippen molar-refractivity contribution in [2.24, 2.45) is 5.92 Å². The normalized spacial score (nSPS) is 25.5. The van der Waals surface area contributed by atoms with Gasteiger partial charge in [0.25, 0.3) is 5.91 Å². The average molecular weight is 365 g/mol. The Bertz CT molecular complexity index is 568. The van der Waals surface area contributed by atoms with E-state index >= 15 is 0 Å². The van der Waals surface area contributed by atoms with Crippen LogP contribution in [0, 0.1) is 12.8 Å². The molecule has 1 aliphatic carbocycles. The van der Waals surface area contributed by atoms with E-state index in [0.717, 1.165) is 32.5 Å². The number of amides is 1. The third-order valence-electron chi connectivity index (χ3n) is 5.82. The van der Waals surface area contributed by atoms with E-state index in [1.807, 2.05) is 4.90 Å². The summed E-state index contributed by atoms with van der Waals surface area (Å²) in [6, 6.07) is 2.14. The van der Waals surface area contributed by atoms with Crippen molar-refractivity contribution in [3.05, 3.63) is 21.9 Å². The van der Waals surface area contributed by atoms with Crippen molar-refractivity contribution in [1.29, 1.82) is 0 Å². The van der Waals surface area contributed by atoms with Gasteiger partial charge in [-0.15, -0.1) is 11.3 Å². The van der Waals surface area contributed by atoms with Crippen LogP contribution in [-0.2, 0) is 11.2 Å². The Balaban J connectivity index is 1.47. The van der Waals surface area contributed by atoms with Crippen LogP contribution in [-0.4, -0.2) is 47.7 Å². The molecule has 1 saturated carbocycles. The fourth-order valence-corrected chi connectivity index (χ4v) is 5.15. The molecule has 0 unspecified atom stereocenters. The molecule has 2 fully saturated rings. The lowest BCUT2D eigenvalue weighted by Crippen LogP contribution is -2.58. The summed E-state index contributed by atoms with van der Waals surface area (Å²) in [5, 5.41) is 16.3. The summed E-state index contributed by atoms with van der Waals surface area (Å²) in [6.07, 6.45) is 8.84. The lowest BCUT2D eigenvalue weighted by molar-refractivity contribution is -0.157. The lowest BCUT2D eigenvalue weighted by atomic mass is 9.86. The lowest BCUT2D eigenvalue weighted by Gasteiger charge is -2.40. The second kappa shape index (κ2) is 8.65. The number of carbonyl (C=O) groups is 1. The number of thiophene rings is 1. The minimum absolute atomic E-state index is 0.0517. The van der Waals surface area contributed by atoms with E-state index in [9.17, 15) is 9.90 Å². The number of likely N-dealkylation sites (tertiary alicyclic amines) is 1. The molecule has 2 N–H and O–H groups in total. The van der Waals surface area contributed by atoms with Gasteiger partial charge in [0, 0.05) is 31.1 Å². The quantitative estimate of drug-likeness (QED) is 0.731. The molecule has 140 valence electrons. The molecule has 0 radical (unpaired) electrons. The van der Waals surface area contributed by atoms with Crippen molar-refractivity contribution >= 4 is 17.2 Å². The average Bonchev–Trinajstić information content (AvgIpc) is 3.02. The number of piperidine rings is 1. The Morgan fingerprint density at radius 3 is 2.84 bits per heavy atom. The minimum atomic E-state index is -1.21. The molecule has 25 heavy (non-hydrogen) atoms. The van der Waals surface area contributed by atoms with Crippen LogP contribution in [0.2, 0.25) is 0 Å². The van der Waals surface area contributed by atoms with Crippen molar-refractivity contribution < 1.29 is 9.90 Å². The highest BCUT2D eigenvalue weighted by atomic mass is 32.1. The van der Waals surface area contributed by atoms with E-state index < -0.39 is 5.60 Å². The number of aryl methyl sites for hydroxylation is 1. The number of hydrogen-bond acceptors (Lipinski definition) is 4. The first kappa shape index (κ1) is 18.9. The van der Waals surface area contributed by atoms with Crippen LogP contribution in [0.4, 0.5) is 0 Å². The molecule has 1 atom stereocenters. The van der Waals surface area contributed by atoms with E-state index in [-0.39, 0.29) is 5.91 Å². The molecule has 1 aromatic rings. The molecule has 5 heteroatoms. The van der Waals surface area contributed by atoms with Gasteiger partial charge in [-0.2, -0.15) is 0 Å². The summed E-state index contributed by atoms with van der Waals surface area (Å²) in [5.41, 5.74) is 0.120. The predicted molar refractivity (Wildman–Crippen MR) is 103 cm³/mol. The largest absolute Gasteiger partial charge is 0.379 e. The Labute approximate surface area is 155 Å². The zero-order valence-electron chi connectivity index (χ0n) is 15.4. The van der Waals surface area contributed by atoms with Crippen molar-refractivity contribution in [1.82, 2.24) is 10.2 Å². The maximum atomic E-state index is 12.8. The third kappa shape index (κ3) is 4.83. The second-order valence-electron chi connectivity index (χ2n) is 7.84. The second-order valence-corrected chi connectivity index (χ2v) is 8.84. The summed E-state index contributed by atoms with van der Waals surface area (Å²) in [6.45, 7) is 4.96. The van der Waals surface area contributed by atoms with Crippen LogP contribution in [0.25, 0.3) is 0 Å². The van der Waals surface area contributed by atoms with Gasteiger partial charge < -0.3 is 15.3 Å². The molecule has 0 bridgehead atoms. The van der Waals surface area contributed by atoms with Crippen LogP contribution >= 0.6 is 11.3 Å². The highest BCUT2D eigenvalue weighted by Crippen LogP contribution is 2.28. The topological polar surface area (TPSA) is 52.6 Å². The molecule has 0 spiro atoms. The Morgan fingerprint density at radius 1 is 1.32 bits per heavy atom. The highest BCUT2D eigenvalue weighted by Gasteiger charge is 2.42. The van der Waals surface area contributed by atoms with Gasteiger partial charge in [-0.3, -0.25) is 4.79 Å². The number of rotatable bonds is 7. The van der Waals surface area contributed by atoms with Crippen LogP contribution in [0.5, 0.6) is 0 Å². The fourth-order valence-electron chi connectivity index (χ4n) is 4.24. The van der Waals surface area contributed by atoms with Gasteiger partial charge >= 0.3 is 0 Å². The van der Waals surface area contributed by atoms with Gasteiger partial charge in [0.05, 0.1) is 0 Å². The summed E-state index contributed by atoms with van der Waals surface area (Å²) in [7, 11) is 0. The molecule has 1 aliphatic heterocycles. The molecule has 2 aliphatic rings. The van der Waals surface area contributed by atoms with Crippen LogP contribution in [0.3, 0.4) is 0 Å².